The lowest BCUT2D eigenvalue weighted by molar-refractivity contribution is -0.137. The van der Waals surface area contributed by atoms with Crippen molar-refractivity contribution >= 4 is 24.0 Å². The quantitative estimate of drug-likeness (QED) is 0.546. The topological polar surface area (TPSA) is 121 Å². The van der Waals surface area contributed by atoms with E-state index in [1.165, 1.54) is 22.4 Å². The Morgan fingerprint density at radius 1 is 1.12 bits per heavy atom. The first-order chi connectivity index (χ1) is 16.4. The van der Waals surface area contributed by atoms with Crippen LogP contribution in [0.4, 0.5) is 16.7 Å². The van der Waals surface area contributed by atoms with E-state index in [1.54, 1.807) is 38.4 Å². The summed E-state index contributed by atoms with van der Waals surface area (Å²) in [4.78, 5) is 39.8. The summed E-state index contributed by atoms with van der Waals surface area (Å²) in [5.41, 5.74) is 3.30. The molecule has 0 fully saturated rings. The van der Waals surface area contributed by atoms with E-state index < -0.39 is 18.1 Å². The molecular formula is C24H26N6O4. The highest BCUT2D eigenvalue weighted by Gasteiger charge is 2.22. The second-order valence-electron chi connectivity index (χ2n) is 8.19. The molecule has 1 amide bonds. The van der Waals surface area contributed by atoms with Crippen LogP contribution in [0.3, 0.4) is 0 Å². The minimum absolute atomic E-state index is 0.190. The predicted octanol–water partition coefficient (Wildman–Crippen LogP) is 2.60. The molecule has 10 nitrogen and oxygen atoms in total. The Labute approximate surface area is 197 Å². The molecule has 176 valence electrons. The number of benzene rings is 2. The number of aliphatic carboxylic acids is 1. The fourth-order valence-electron chi connectivity index (χ4n) is 3.65. The van der Waals surface area contributed by atoms with Crippen molar-refractivity contribution in [2.45, 2.75) is 25.4 Å². The zero-order valence-electron chi connectivity index (χ0n) is 19.0. The fraction of sp³-hybridized carbons (Fsp3) is 0.292. The van der Waals surface area contributed by atoms with Crippen molar-refractivity contribution in [3.8, 4) is 5.75 Å². The maximum absolute atomic E-state index is 11.9. The van der Waals surface area contributed by atoms with Crippen LogP contribution in [-0.4, -0.2) is 63.7 Å². The summed E-state index contributed by atoms with van der Waals surface area (Å²) < 4.78 is 5.20. The summed E-state index contributed by atoms with van der Waals surface area (Å²) in [7, 11) is 3.19. The smallest absolute Gasteiger partial charge is 0.414 e. The lowest BCUT2D eigenvalue weighted by atomic mass is 10.0. The molecule has 0 saturated heterocycles. The molecule has 0 unspecified atom stereocenters. The van der Waals surface area contributed by atoms with Crippen LogP contribution in [-0.2, 0) is 24.2 Å². The molecule has 10 heteroatoms. The molecule has 0 radical (unpaired) electrons. The summed E-state index contributed by atoms with van der Waals surface area (Å²) in [5.74, 6) is 0.0560. The van der Waals surface area contributed by atoms with Gasteiger partial charge < -0.3 is 25.0 Å². The third kappa shape index (κ3) is 5.58. The Hall–Kier alpha value is -4.21. The van der Waals surface area contributed by atoms with Crippen molar-refractivity contribution in [3.63, 3.8) is 0 Å². The SMILES string of the molecule is CN(C)C(=O)Oc1ccc(C[C@H](Nc2ncnc(N3CCc4ccccc4C3)n2)C(=O)O)cc1. The number of hydrogen-bond donors (Lipinski definition) is 2. The van der Waals surface area contributed by atoms with Gasteiger partial charge in [0.2, 0.25) is 11.9 Å². The Morgan fingerprint density at radius 2 is 1.85 bits per heavy atom. The van der Waals surface area contributed by atoms with Crippen LogP contribution in [0.1, 0.15) is 16.7 Å². The van der Waals surface area contributed by atoms with Crippen molar-refractivity contribution in [2.24, 2.45) is 0 Å². The van der Waals surface area contributed by atoms with Crippen molar-refractivity contribution < 1.29 is 19.4 Å². The molecular weight excluding hydrogens is 436 g/mol. The number of nitrogens with one attached hydrogen (secondary N) is 1. The molecule has 1 aliphatic rings. The number of nitrogens with zero attached hydrogens (tertiary/aromatic N) is 5. The second kappa shape index (κ2) is 10.2. The van der Waals surface area contributed by atoms with Gasteiger partial charge in [-0.05, 0) is 35.2 Å². The first kappa shape index (κ1) is 23.0. The van der Waals surface area contributed by atoms with E-state index in [-0.39, 0.29) is 12.4 Å². The van der Waals surface area contributed by atoms with Gasteiger partial charge in [0.15, 0.2) is 0 Å². The van der Waals surface area contributed by atoms with Gasteiger partial charge in [-0.3, -0.25) is 0 Å². The van der Waals surface area contributed by atoms with E-state index in [0.29, 0.717) is 18.2 Å². The van der Waals surface area contributed by atoms with Crippen molar-refractivity contribution in [3.05, 3.63) is 71.5 Å². The summed E-state index contributed by atoms with van der Waals surface area (Å²) in [6, 6.07) is 14.0. The van der Waals surface area contributed by atoms with Gasteiger partial charge >= 0.3 is 12.1 Å². The maximum atomic E-state index is 11.9. The van der Waals surface area contributed by atoms with Gasteiger partial charge in [0, 0.05) is 33.6 Å². The van der Waals surface area contributed by atoms with Crippen LogP contribution >= 0.6 is 0 Å². The van der Waals surface area contributed by atoms with Crippen molar-refractivity contribution in [2.75, 3.05) is 30.9 Å². The predicted molar refractivity (Wildman–Crippen MR) is 126 cm³/mol. The van der Waals surface area contributed by atoms with Crippen molar-refractivity contribution in [1.29, 1.82) is 0 Å². The average Bonchev–Trinajstić information content (AvgIpc) is 2.84. The number of carboxylic acids is 1. The molecule has 1 aliphatic heterocycles. The molecule has 0 saturated carbocycles. The minimum atomic E-state index is -1.03. The maximum Gasteiger partial charge on any atom is 0.414 e. The van der Waals surface area contributed by atoms with Gasteiger partial charge in [-0.25, -0.2) is 19.6 Å². The molecule has 1 aromatic heterocycles. The lowest BCUT2D eigenvalue weighted by Crippen LogP contribution is -2.34. The molecule has 2 N–H and O–H groups in total. The molecule has 0 aliphatic carbocycles. The highest BCUT2D eigenvalue weighted by molar-refractivity contribution is 5.77. The Bertz CT molecular complexity index is 1170. The standard InChI is InChI=1S/C24H26N6O4/c1-29(2)24(33)34-19-9-7-16(8-10-19)13-20(21(31)32)27-22-25-15-26-23(28-22)30-12-11-17-5-3-4-6-18(17)14-30/h3-10,15,20H,11-14H2,1-2H3,(H,31,32)(H,25,26,27,28)/t20-/m0/s1. The van der Waals surface area contributed by atoms with Crippen LogP contribution in [0.2, 0.25) is 0 Å². The Morgan fingerprint density at radius 3 is 2.56 bits per heavy atom. The van der Waals surface area contributed by atoms with Gasteiger partial charge in [-0.2, -0.15) is 4.98 Å². The van der Waals surface area contributed by atoms with E-state index in [0.717, 1.165) is 18.5 Å². The molecule has 34 heavy (non-hydrogen) atoms. The minimum Gasteiger partial charge on any atom is -0.480 e. The highest BCUT2D eigenvalue weighted by Crippen LogP contribution is 2.22. The van der Waals surface area contributed by atoms with E-state index >= 15 is 0 Å². The van der Waals surface area contributed by atoms with Crippen LogP contribution in [0.25, 0.3) is 0 Å². The first-order valence-electron chi connectivity index (χ1n) is 10.9. The lowest BCUT2D eigenvalue weighted by Gasteiger charge is -2.28. The van der Waals surface area contributed by atoms with Crippen molar-refractivity contribution in [1.82, 2.24) is 19.9 Å². The molecule has 4 rings (SSSR count). The van der Waals surface area contributed by atoms with E-state index in [1.807, 2.05) is 12.1 Å². The zero-order chi connectivity index (χ0) is 24.1. The molecule has 1 atom stereocenters. The van der Waals surface area contributed by atoms with Crippen LogP contribution in [0, 0.1) is 0 Å². The van der Waals surface area contributed by atoms with Crippen LogP contribution in [0.5, 0.6) is 5.75 Å². The molecule has 2 aromatic carbocycles. The van der Waals surface area contributed by atoms with Gasteiger partial charge in [0.05, 0.1) is 0 Å². The first-order valence-corrected chi connectivity index (χ1v) is 10.9. The van der Waals surface area contributed by atoms with Gasteiger partial charge in [-0.1, -0.05) is 36.4 Å². The van der Waals surface area contributed by atoms with Gasteiger partial charge in [0.25, 0.3) is 0 Å². The third-order valence-electron chi connectivity index (χ3n) is 5.51. The summed E-state index contributed by atoms with van der Waals surface area (Å²) in [6.07, 6.45) is 1.98. The zero-order valence-corrected chi connectivity index (χ0v) is 19.0. The number of hydrogen-bond acceptors (Lipinski definition) is 8. The van der Waals surface area contributed by atoms with E-state index in [9.17, 15) is 14.7 Å². The monoisotopic (exact) mass is 462 g/mol. The molecule has 0 spiro atoms. The summed E-state index contributed by atoms with van der Waals surface area (Å²) in [5, 5.41) is 12.6. The molecule has 3 aromatic rings. The van der Waals surface area contributed by atoms with E-state index in [2.05, 4.69) is 37.3 Å². The number of carbonyl (C=O) groups is 2. The van der Waals surface area contributed by atoms with E-state index in [4.69, 9.17) is 4.74 Å². The highest BCUT2D eigenvalue weighted by atomic mass is 16.6. The second-order valence-corrected chi connectivity index (χ2v) is 8.19. The fourth-order valence-corrected chi connectivity index (χ4v) is 3.65. The molecule has 2 heterocycles. The largest absolute Gasteiger partial charge is 0.480 e. The number of rotatable bonds is 7. The Balaban J connectivity index is 1.42. The van der Waals surface area contributed by atoms with Crippen LogP contribution < -0.4 is 15.0 Å². The van der Waals surface area contributed by atoms with Crippen LogP contribution in [0.15, 0.2) is 54.9 Å². The normalized spacial score (nSPS) is 13.5. The third-order valence-corrected chi connectivity index (χ3v) is 5.51. The number of anilines is 2. The summed E-state index contributed by atoms with van der Waals surface area (Å²) >= 11 is 0. The summed E-state index contributed by atoms with van der Waals surface area (Å²) in [6.45, 7) is 1.46. The Kier molecular flexibility index (Phi) is 6.86. The average molecular weight is 463 g/mol. The number of carbonyl (C=O) groups excluding carboxylic acids is 1. The number of fused-ring (bicyclic) bond motifs is 1. The number of ether oxygens (including phenoxy) is 1. The number of carboxylic acid groups (broad SMARTS) is 1. The molecule has 0 bridgehead atoms. The van der Waals surface area contributed by atoms with Gasteiger partial charge in [-0.15, -0.1) is 0 Å². The number of aromatic nitrogens is 3. The number of amides is 1. The van der Waals surface area contributed by atoms with Gasteiger partial charge in [0.1, 0.15) is 18.1 Å².